The maximum atomic E-state index is 12.1. The van der Waals surface area contributed by atoms with Crippen LogP contribution < -0.4 is 10.1 Å². The Morgan fingerprint density at radius 3 is 2.96 bits per heavy atom. The summed E-state index contributed by atoms with van der Waals surface area (Å²) in [6.07, 6.45) is 5.95. The molecule has 4 nitrogen and oxygen atoms in total. The van der Waals surface area contributed by atoms with Gasteiger partial charge >= 0.3 is 0 Å². The van der Waals surface area contributed by atoms with Crippen molar-refractivity contribution in [1.29, 1.82) is 0 Å². The summed E-state index contributed by atoms with van der Waals surface area (Å²) in [6.45, 7) is 5.33. The average Bonchev–Trinajstić information content (AvgIpc) is 3.31. The molecule has 3 fully saturated rings. The minimum atomic E-state index is -0.817. The molecule has 3 N–H and O–H groups in total. The monoisotopic (exact) mass is 339 g/mol. The fourth-order valence-corrected chi connectivity index (χ4v) is 6.47. The first-order valence-electron chi connectivity index (χ1n) is 9.71. The van der Waals surface area contributed by atoms with E-state index in [4.69, 9.17) is 4.74 Å². The fourth-order valence-electron chi connectivity index (χ4n) is 6.47. The highest BCUT2D eigenvalue weighted by molar-refractivity contribution is 5.64. The minimum Gasteiger partial charge on any atom is -0.504 e. The SMILES string of the molecule is C=C1C(CC2CC2)CC2(O)C3Cc4ccc(O)c5c4[C@@]2(CCN3)[C@H]1O5. The third kappa shape index (κ3) is 1.57. The highest BCUT2D eigenvalue weighted by Crippen LogP contribution is 2.66. The smallest absolute Gasteiger partial charge is 0.166 e. The van der Waals surface area contributed by atoms with Gasteiger partial charge in [0.15, 0.2) is 11.5 Å². The minimum absolute atomic E-state index is 0.0603. The number of aliphatic hydroxyl groups is 1. The van der Waals surface area contributed by atoms with Crippen LogP contribution in [0.5, 0.6) is 11.5 Å². The van der Waals surface area contributed by atoms with Gasteiger partial charge in [-0.05, 0) is 61.3 Å². The van der Waals surface area contributed by atoms with Crippen LogP contribution in [0.1, 0.15) is 43.2 Å². The summed E-state index contributed by atoms with van der Waals surface area (Å²) in [5.41, 5.74) is 2.17. The molecule has 1 saturated heterocycles. The number of hydrogen-bond acceptors (Lipinski definition) is 4. The summed E-state index contributed by atoms with van der Waals surface area (Å²) in [7, 11) is 0. The molecule has 2 aliphatic heterocycles. The zero-order chi connectivity index (χ0) is 17.0. The zero-order valence-electron chi connectivity index (χ0n) is 14.4. The summed E-state index contributed by atoms with van der Waals surface area (Å²) in [6, 6.07) is 3.82. The van der Waals surface area contributed by atoms with Crippen LogP contribution in [0.2, 0.25) is 0 Å². The van der Waals surface area contributed by atoms with E-state index in [0.717, 1.165) is 49.3 Å². The molecule has 4 heteroatoms. The molecule has 2 saturated carbocycles. The van der Waals surface area contributed by atoms with Gasteiger partial charge in [-0.25, -0.2) is 0 Å². The van der Waals surface area contributed by atoms with Gasteiger partial charge in [-0.2, -0.15) is 0 Å². The van der Waals surface area contributed by atoms with Crippen molar-refractivity contribution in [3.8, 4) is 11.5 Å². The molecule has 132 valence electrons. The normalized spacial score (nSPS) is 43.6. The van der Waals surface area contributed by atoms with Gasteiger partial charge in [-0.1, -0.05) is 25.5 Å². The molecule has 2 bridgehead atoms. The summed E-state index contributed by atoms with van der Waals surface area (Å²) < 4.78 is 6.38. The van der Waals surface area contributed by atoms with Crippen molar-refractivity contribution in [1.82, 2.24) is 5.32 Å². The van der Waals surface area contributed by atoms with Crippen LogP contribution in [0.4, 0.5) is 0 Å². The lowest BCUT2D eigenvalue weighted by Gasteiger charge is -2.62. The lowest BCUT2D eigenvalue weighted by molar-refractivity contribution is -0.147. The number of hydrogen-bond donors (Lipinski definition) is 3. The molecular formula is C21H25NO3. The topological polar surface area (TPSA) is 61.7 Å². The van der Waals surface area contributed by atoms with Crippen molar-refractivity contribution >= 4 is 0 Å². The van der Waals surface area contributed by atoms with Gasteiger partial charge in [0.2, 0.25) is 0 Å². The molecule has 1 aromatic rings. The number of phenols is 1. The summed E-state index contributed by atoms with van der Waals surface area (Å²) in [5.74, 6) is 1.92. The lowest BCUT2D eigenvalue weighted by Crippen LogP contribution is -2.75. The van der Waals surface area contributed by atoms with E-state index < -0.39 is 11.0 Å². The predicted molar refractivity (Wildman–Crippen MR) is 93.9 cm³/mol. The molecule has 3 unspecified atom stereocenters. The number of ether oxygens (including phenoxy) is 1. The van der Waals surface area contributed by atoms with Crippen LogP contribution in [0.25, 0.3) is 0 Å². The number of benzene rings is 1. The Morgan fingerprint density at radius 1 is 1.32 bits per heavy atom. The van der Waals surface area contributed by atoms with E-state index in [1.54, 1.807) is 6.07 Å². The quantitative estimate of drug-likeness (QED) is 0.724. The van der Waals surface area contributed by atoms with E-state index in [1.807, 2.05) is 6.07 Å². The Kier molecular flexibility index (Phi) is 2.58. The first-order chi connectivity index (χ1) is 12.0. The van der Waals surface area contributed by atoms with Crippen LogP contribution >= 0.6 is 0 Å². The van der Waals surface area contributed by atoms with Gasteiger partial charge in [0, 0.05) is 11.6 Å². The molecular weight excluding hydrogens is 314 g/mol. The van der Waals surface area contributed by atoms with Gasteiger partial charge in [0.1, 0.15) is 6.10 Å². The van der Waals surface area contributed by atoms with Crippen molar-refractivity contribution in [2.45, 2.75) is 61.7 Å². The molecule has 5 aliphatic rings. The number of rotatable bonds is 2. The van der Waals surface area contributed by atoms with E-state index in [1.165, 1.54) is 18.4 Å². The van der Waals surface area contributed by atoms with Gasteiger partial charge in [0.25, 0.3) is 0 Å². The highest BCUT2D eigenvalue weighted by atomic mass is 16.5. The van der Waals surface area contributed by atoms with Gasteiger partial charge in [-0.15, -0.1) is 0 Å². The molecule has 0 radical (unpaired) electrons. The molecule has 1 spiro atoms. The van der Waals surface area contributed by atoms with Crippen LogP contribution in [0.15, 0.2) is 24.3 Å². The van der Waals surface area contributed by atoms with Crippen LogP contribution in [-0.2, 0) is 11.8 Å². The first kappa shape index (κ1) is 14.6. The van der Waals surface area contributed by atoms with E-state index in [0.29, 0.717) is 11.7 Å². The van der Waals surface area contributed by atoms with E-state index >= 15 is 0 Å². The fraction of sp³-hybridized carbons (Fsp3) is 0.619. The largest absolute Gasteiger partial charge is 0.504 e. The number of phenolic OH excluding ortho intramolecular Hbond substituents is 1. The number of aromatic hydroxyl groups is 1. The predicted octanol–water partition coefficient (Wildman–Crippen LogP) is 2.42. The summed E-state index contributed by atoms with van der Waals surface area (Å²) >= 11 is 0. The maximum Gasteiger partial charge on any atom is 0.166 e. The van der Waals surface area contributed by atoms with Crippen molar-refractivity contribution < 1.29 is 14.9 Å². The Bertz CT molecular complexity index is 801. The van der Waals surface area contributed by atoms with Crippen molar-refractivity contribution in [2.24, 2.45) is 11.8 Å². The molecule has 1 aromatic carbocycles. The molecule has 2 heterocycles. The second-order valence-corrected chi connectivity index (χ2v) is 8.96. The second kappa shape index (κ2) is 4.41. The third-order valence-electron chi connectivity index (χ3n) is 7.77. The van der Waals surface area contributed by atoms with Crippen molar-refractivity contribution in [3.63, 3.8) is 0 Å². The van der Waals surface area contributed by atoms with E-state index in [-0.39, 0.29) is 17.9 Å². The second-order valence-electron chi connectivity index (χ2n) is 8.96. The molecule has 6 rings (SSSR count). The maximum absolute atomic E-state index is 12.1. The van der Waals surface area contributed by atoms with Crippen molar-refractivity contribution in [3.05, 3.63) is 35.4 Å². The molecule has 3 aliphatic carbocycles. The highest BCUT2D eigenvalue weighted by Gasteiger charge is 2.72. The van der Waals surface area contributed by atoms with Crippen LogP contribution in [-0.4, -0.2) is 34.5 Å². The molecule has 25 heavy (non-hydrogen) atoms. The molecule has 5 atom stereocenters. The Morgan fingerprint density at radius 2 is 2.16 bits per heavy atom. The summed E-state index contributed by atoms with van der Waals surface area (Å²) in [5, 5.41) is 26.1. The van der Waals surface area contributed by atoms with E-state index in [9.17, 15) is 10.2 Å². The number of nitrogens with one attached hydrogen (secondary N) is 1. The molecule has 0 amide bonds. The molecule has 0 aromatic heterocycles. The number of piperidine rings is 1. The van der Waals surface area contributed by atoms with Crippen LogP contribution in [0.3, 0.4) is 0 Å². The van der Waals surface area contributed by atoms with Gasteiger partial charge < -0.3 is 20.3 Å². The van der Waals surface area contributed by atoms with E-state index in [2.05, 4.69) is 11.9 Å². The Balaban J connectivity index is 1.58. The van der Waals surface area contributed by atoms with Crippen molar-refractivity contribution in [2.75, 3.05) is 6.54 Å². The zero-order valence-corrected chi connectivity index (χ0v) is 14.4. The van der Waals surface area contributed by atoms with Crippen LogP contribution in [0, 0.1) is 11.8 Å². The Labute approximate surface area is 147 Å². The van der Waals surface area contributed by atoms with Gasteiger partial charge in [0.05, 0.1) is 11.0 Å². The van der Waals surface area contributed by atoms with Gasteiger partial charge in [-0.3, -0.25) is 0 Å². The standard InChI is InChI=1S/C21H25NO3/c1-11-14(8-12-2-3-12)10-21(24)16-9-13-4-5-15(23)18-17(13)20(21,6-7-22-16)19(11)25-18/h4-5,12,14,16,19,22-24H,1-3,6-10H2/t14?,16?,19-,20-,21?/m0/s1. The summed E-state index contributed by atoms with van der Waals surface area (Å²) in [4.78, 5) is 0. The third-order valence-corrected chi connectivity index (χ3v) is 7.77. The average molecular weight is 339 g/mol. The first-order valence-corrected chi connectivity index (χ1v) is 9.71. The lowest BCUT2D eigenvalue weighted by atomic mass is 9.47. The Hall–Kier alpha value is -1.52.